The summed E-state index contributed by atoms with van der Waals surface area (Å²) in [5, 5.41) is 4.66. The zero-order valence-corrected chi connectivity index (χ0v) is 16.2. The van der Waals surface area contributed by atoms with Crippen LogP contribution in [0.2, 0.25) is 0 Å². The van der Waals surface area contributed by atoms with Crippen LogP contribution in [0.25, 0.3) is 0 Å². The highest BCUT2D eigenvalue weighted by Gasteiger charge is 2.29. The topological polar surface area (TPSA) is 86.6 Å². The van der Waals surface area contributed by atoms with Gasteiger partial charge in [0.2, 0.25) is 10.0 Å². The van der Waals surface area contributed by atoms with Crippen molar-refractivity contribution in [2.45, 2.75) is 36.6 Å². The van der Waals surface area contributed by atoms with Crippen molar-refractivity contribution >= 4 is 10.0 Å². The second-order valence-corrected chi connectivity index (χ2v) is 8.77. The first kappa shape index (κ1) is 18.4. The molecule has 0 bridgehead atoms. The lowest BCUT2D eigenvalue weighted by Crippen LogP contribution is -2.33. The van der Waals surface area contributed by atoms with Crippen molar-refractivity contribution in [2.24, 2.45) is 0 Å². The van der Waals surface area contributed by atoms with Crippen LogP contribution in [-0.4, -0.2) is 60.9 Å². The van der Waals surface area contributed by atoms with Crippen LogP contribution >= 0.6 is 0 Å². The van der Waals surface area contributed by atoms with Crippen LogP contribution in [0.1, 0.15) is 30.4 Å². The van der Waals surface area contributed by atoms with Gasteiger partial charge >= 0.3 is 0 Å². The molecule has 0 spiro atoms. The Morgan fingerprint density at radius 1 is 1.19 bits per heavy atom. The van der Waals surface area contributed by atoms with Crippen molar-refractivity contribution in [3.8, 4) is 5.75 Å². The van der Waals surface area contributed by atoms with Gasteiger partial charge in [-0.3, -0.25) is 0 Å². The zero-order valence-electron chi connectivity index (χ0n) is 15.4. The SMILES string of the molecule is COc1cccc(S(=O)(=O)N2CCc3nc(C4CCOCC4)nn3CC2)c1. The Kier molecular flexibility index (Phi) is 5.16. The molecular formula is C18H24N4O4S. The molecule has 0 atom stereocenters. The Morgan fingerprint density at radius 3 is 2.78 bits per heavy atom. The van der Waals surface area contributed by atoms with Crippen LogP contribution in [0.15, 0.2) is 29.2 Å². The van der Waals surface area contributed by atoms with Gasteiger partial charge in [0.1, 0.15) is 11.6 Å². The fourth-order valence-corrected chi connectivity index (χ4v) is 5.05. The molecule has 0 unspecified atom stereocenters. The molecular weight excluding hydrogens is 368 g/mol. The highest BCUT2D eigenvalue weighted by Crippen LogP contribution is 2.26. The Hall–Kier alpha value is -1.97. The maximum absolute atomic E-state index is 13.0. The molecule has 8 nitrogen and oxygen atoms in total. The van der Waals surface area contributed by atoms with Crippen LogP contribution in [0.5, 0.6) is 5.75 Å². The van der Waals surface area contributed by atoms with Crippen molar-refractivity contribution in [1.29, 1.82) is 0 Å². The van der Waals surface area contributed by atoms with Gasteiger partial charge in [-0.05, 0) is 25.0 Å². The molecule has 0 N–H and O–H groups in total. The number of rotatable bonds is 4. The molecule has 0 aliphatic carbocycles. The first-order valence-electron chi connectivity index (χ1n) is 9.23. The van der Waals surface area contributed by atoms with Crippen LogP contribution in [-0.2, 0) is 27.7 Å². The molecule has 4 rings (SSSR count). The lowest BCUT2D eigenvalue weighted by atomic mass is 10.00. The number of nitrogens with zero attached hydrogens (tertiary/aromatic N) is 4. The fraction of sp³-hybridized carbons (Fsp3) is 0.556. The molecule has 9 heteroatoms. The maximum Gasteiger partial charge on any atom is 0.243 e. The number of methoxy groups -OCH3 is 1. The van der Waals surface area contributed by atoms with E-state index in [0.717, 1.165) is 37.7 Å². The number of aromatic nitrogens is 3. The highest BCUT2D eigenvalue weighted by molar-refractivity contribution is 7.89. The maximum atomic E-state index is 13.0. The molecule has 1 aromatic carbocycles. The van der Waals surface area contributed by atoms with Crippen LogP contribution in [0, 0.1) is 0 Å². The van der Waals surface area contributed by atoms with Gasteiger partial charge in [0.15, 0.2) is 5.82 Å². The number of fused-ring (bicyclic) bond motifs is 1. The molecule has 1 aromatic heterocycles. The van der Waals surface area contributed by atoms with Crippen LogP contribution < -0.4 is 4.74 Å². The van der Waals surface area contributed by atoms with Gasteiger partial charge in [0, 0.05) is 44.7 Å². The van der Waals surface area contributed by atoms with E-state index in [1.165, 1.54) is 11.4 Å². The van der Waals surface area contributed by atoms with E-state index < -0.39 is 10.0 Å². The number of sulfonamides is 1. The minimum atomic E-state index is -3.58. The normalized spacial score (nSPS) is 19.4. The third kappa shape index (κ3) is 3.71. The Bertz CT molecular complexity index is 880. The first-order valence-corrected chi connectivity index (χ1v) is 10.7. The van der Waals surface area contributed by atoms with Gasteiger partial charge in [-0.15, -0.1) is 0 Å². The van der Waals surface area contributed by atoms with Crippen molar-refractivity contribution in [1.82, 2.24) is 19.1 Å². The van der Waals surface area contributed by atoms with Crippen LogP contribution in [0.4, 0.5) is 0 Å². The van der Waals surface area contributed by atoms with Crippen molar-refractivity contribution in [3.05, 3.63) is 35.9 Å². The summed E-state index contributed by atoms with van der Waals surface area (Å²) in [5.74, 6) is 2.61. The van der Waals surface area contributed by atoms with E-state index in [1.54, 1.807) is 24.3 Å². The summed E-state index contributed by atoms with van der Waals surface area (Å²) in [6.45, 7) is 2.78. The summed E-state index contributed by atoms with van der Waals surface area (Å²) in [5.41, 5.74) is 0. The molecule has 2 aromatic rings. The average molecular weight is 392 g/mol. The molecule has 1 saturated heterocycles. The third-order valence-corrected chi connectivity index (χ3v) is 7.07. The summed E-state index contributed by atoms with van der Waals surface area (Å²) < 4.78 is 39.9. The number of hydrogen-bond acceptors (Lipinski definition) is 6. The van der Waals surface area contributed by atoms with Crippen molar-refractivity contribution < 1.29 is 17.9 Å². The molecule has 2 aliphatic rings. The Morgan fingerprint density at radius 2 is 2.00 bits per heavy atom. The number of ether oxygens (including phenoxy) is 2. The average Bonchev–Trinajstić information content (AvgIpc) is 3.01. The van der Waals surface area contributed by atoms with E-state index in [9.17, 15) is 8.42 Å². The predicted molar refractivity (Wildman–Crippen MR) is 98.3 cm³/mol. The monoisotopic (exact) mass is 392 g/mol. The number of hydrogen-bond donors (Lipinski definition) is 0. The van der Waals surface area contributed by atoms with E-state index in [1.807, 2.05) is 4.68 Å². The van der Waals surface area contributed by atoms with Gasteiger partial charge in [-0.25, -0.2) is 18.1 Å². The molecule has 146 valence electrons. The minimum Gasteiger partial charge on any atom is -0.497 e. The molecule has 0 radical (unpaired) electrons. The Labute approximate surface area is 159 Å². The molecule has 27 heavy (non-hydrogen) atoms. The standard InChI is InChI=1S/C18H24N4O4S/c1-25-15-3-2-4-16(13-15)27(23,24)21-8-5-17-19-18(20-22(17)10-9-21)14-6-11-26-12-7-14/h2-4,13-14H,5-12H2,1H3. The minimum absolute atomic E-state index is 0.247. The number of benzene rings is 1. The van der Waals surface area contributed by atoms with Crippen molar-refractivity contribution in [3.63, 3.8) is 0 Å². The smallest absolute Gasteiger partial charge is 0.243 e. The largest absolute Gasteiger partial charge is 0.497 e. The van der Waals surface area contributed by atoms with Gasteiger partial charge in [0.25, 0.3) is 0 Å². The summed E-state index contributed by atoms with van der Waals surface area (Å²) >= 11 is 0. The van der Waals surface area contributed by atoms with E-state index in [2.05, 4.69) is 5.10 Å². The van der Waals surface area contributed by atoms with Gasteiger partial charge < -0.3 is 9.47 Å². The zero-order chi connectivity index (χ0) is 18.9. The van der Waals surface area contributed by atoms with Gasteiger partial charge in [-0.2, -0.15) is 9.40 Å². The second kappa shape index (κ2) is 7.57. The van der Waals surface area contributed by atoms with Crippen LogP contribution in [0.3, 0.4) is 0 Å². The van der Waals surface area contributed by atoms with Gasteiger partial charge in [-0.1, -0.05) is 6.07 Å². The fourth-order valence-electron chi connectivity index (χ4n) is 3.58. The van der Waals surface area contributed by atoms with Crippen molar-refractivity contribution in [2.75, 3.05) is 33.4 Å². The van der Waals surface area contributed by atoms with E-state index in [0.29, 0.717) is 37.7 Å². The van der Waals surface area contributed by atoms with E-state index >= 15 is 0 Å². The molecule has 2 aliphatic heterocycles. The van der Waals surface area contributed by atoms with E-state index in [4.69, 9.17) is 14.5 Å². The molecule has 0 amide bonds. The lowest BCUT2D eigenvalue weighted by molar-refractivity contribution is 0.0835. The summed E-state index contributed by atoms with van der Waals surface area (Å²) in [6, 6.07) is 6.58. The summed E-state index contributed by atoms with van der Waals surface area (Å²) in [7, 11) is -2.05. The quantitative estimate of drug-likeness (QED) is 0.782. The third-order valence-electron chi connectivity index (χ3n) is 5.18. The molecule has 0 saturated carbocycles. The molecule has 3 heterocycles. The summed E-state index contributed by atoms with van der Waals surface area (Å²) in [4.78, 5) is 4.95. The van der Waals surface area contributed by atoms with E-state index in [-0.39, 0.29) is 4.90 Å². The van der Waals surface area contributed by atoms with Gasteiger partial charge in [0.05, 0.1) is 18.6 Å². The lowest BCUT2D eigenvalue weighted by Gasteiger charge is -2.20. The molecule has 1 fully saturated rings. The second-order valence-electron chi connectivity index (χ2n) is 6.83. The Balaban J connectivity index is 1.50. The first-order chi connectivity index (χ1) is 13.1. The predicted octanol–water partition coefficient (Wildman–Crippen LogP) is 1.43. The highest BCUT2D eigenvalue weighted by atomic mass is 32.2. The summed E-state index contributed by atoms with van der Waals surface area (Å²) in [6.07, 6.45) is 2.44.